The summed E-state index contributed by atoms with van der Waals surface area (Å²) in [6.07, 6.45) is 0. The van der Waals surface area contributed by atoms with Crippen molar-refractivity contribution in [1.29, 1.82) is 0 Å². The summed E-state index contributed by atoms with van der Waals surface area (Å²) in [5, 5.41) is 0.438. The normalized spacial score (nSPS) is 15.3. The van der Waals surface area contributed by atoms with Crippen LogP contribution in [0.5, 0.6) is 5.75 Å². The Morgan fingerprint density at radius 2 is 1.81 bits per heavy atom. The first kappa shape index (κ1) is 20.0. The van der Waals surface area contributed by atoms with Crippen LogP contribution in [0.4, 0.5) is 4.39 Å². The third kappa shape index (κ3) is 3.24. The molecule has 1 aromatic heterocycles. The highest BCUT2D eigenvalue weighted by atomic mass is 19.1. The van der Waals surface area contributed by atoms with Gasteiger partial charge in [0.25, 0.3) is 5.91 Å². The maximum Gasteiger partial charge on any atom is 0.291 e. The van der Waals surface area contributed by atoms with E-state index in [1.54, 1.807) is 42.3 Å². The van der Waals surface area contributed by atoms with E-state index in [0.717, 1.165) is 16.7 Å². The molecule has 1 amide bonds. The number of rotatable bonds is 4. The van der Waals surface area contributed by atoms with Gasteiger partial charge in [-0.05, 0) is 54.4 Å². The molecule has 0 saturated heterocycles. The smallest absolute Gasteiger partial charge is 0.291 e. The van der Waals surface area contributed by atoms with Crippen LogP contribution in [-0.2, 0) is 6.54 Å². The van der Waals surface area contributed by atoms with Crippen molar-refractivity contribution in [3.63, 3.8) is 0 Å². The first-order valence-electron chi connectivity index (χ1n) is 10.2. The zero-order chi connectivity index (χ0) is 22.4. The van der Waals surface area contributed by atoms with Gasteiger partial charge < -0.3 is 14.1 Å². The summed E-state index contributed by atoms with van der Waals surface area (Å²) in [6, 6.07) is 17.9. The summed E-state index contributed by atoms with van der Waals surface area (Å²) in [6.45, 7) is 2.09. The number of hydrogen-bond donors (Lipinski definition) is 0. The van der Waals surface area contributed by atoms with Crippen LogP contribution < -0.4 is 10.2 Å². The zero-order valence-electron chi connectivity index (χ0n) is 17.6. The molecule has 4 aromatic rings. The maximum absolute atomic E-state index is 13.6. The molecule has 0 unspecified atom stereocenters. The van der Waals surface area contributed by atoms with Crippen molar-refractivity contribution in [3.05, 3.63) is 111 Å². The van der Waals surface area contributed by atoms with Gasteiger partial charge in [-0.25, -0.2) is 4.39 Å². The monoisotopic (exact) mass is 429 g/mol. The Morgan fingerprint density at radius 3 is 2.56 bits per heavy atom. The lowest BCUT2D eigenvalue weighted by Crippen LogP contribution is -2.29. The molecule has 6 heteroatoms. The van der Waals surface area contributed by atoms with Gasteiger partial charge in [0, 0.05) is 6.54 Å². The molecule has 1 aliphatic rings. The maximum atomic E-state index is 13.6. The van der Waals surface area contributed by atoms with Gasteiger partial charge in [0.05, 0.1) is 24.1 Å². The van der Waals surface area contributed by atoms with Crippen LogP contribution in [0.1, 0.15) is 38.9 Å². The summed E-state index contributed by atoms with van der Waals surface area (Å²) >= 11 is 0. The van der Waals surface area contributed by atoms with Gasteiger partial charge in [0.2, 0.25) is 5.76 Å². The molecular formula is C26H20FNO4. The molecule has 0 saturated carbocycles. The number of halogens is 1. The first-order chi connectivity index (χ1) is 15.5. The van der Waals surface area contributed by atoms with E-state index >= 15 is 0 Å². The third-order valence-electron chi connectivity index (χ3n) is 5.80. The number of benzene rings is 3. The molecule has 0 radical (unpaired) electrons. The first-order valence-corrected chi connectivity index (χ1v) is 10.2. The van der Waals surface area contributed by atoms with Crippen molar-refractivity contribution in [2.24, 2.45) is 0 Å². The SMILES string of the molecule is COc1cccc([C@@H]2c3c(oc4ccc(C)cc4c3=O)C(=O)N2Cc2ccc(F)cc2)c1. The van der Waals surface area contributed by atoms with Crippen molar-refractivity contribution in [3.8, 4) is 5.75 Å². The molecule has 0 aliphatic carbocycles. The average molecular weight is 429 g/mol. The molecule has 5 rings (SSSR count). The molecule has 160 valence electrons. The minimum atomic E-state index is -0.654. The lowest BCUT2D eigenvalue weighted by molar-refractivity contribution is 0.0714. The Balaban J connectivity index is 1.72. The highest BCUT2D eigenvalue weighted by molar-refractivity contribution is 5.99. The highest BCUT2D eigenvalue weighted by Gasteiger charge is 2.42. The number of carbonyl (C=O) groups excluding carboxylic acids is 1. The van der Waals surface area contributed by atoms with E-state index in [9.17, 15) is 14.0 Å². The molecule has 1 aliphatic heterocycles. The largest absolute Gasteiger partial charge is 0.497 e. The fourth-order valence-electron chi connectivity index (χ4n) is 4.24. The van der Waals surface area contributed by atoms with Gasteiger partial charge in [0.15, 0.2) is 5.43 Å². The van der Waals surface area contributed by atoms with Crippen LogP contribution in [0, 0.1) is 12.7 Å². The van der Waals surface area contributed by atoms with Gasteiger partial charge in [-0.15, -0.1) is 0 Å². The van der Waals surface area contributed by atoms with Crippen LogP contribution in [0.15, 0.2) is 75.9 Å². The minimum Gasteiger partial charge on any atom is -0.497 e. The van der Waals surface area contributed by atoms with Crippen molar-refractivity contribution >= 4 is 16.9 Å². The van der Waals surface area contributed by atoms with E-state index < -0.39 is 6.04 Å². The minimum absolute atomic E-state index is 0.0429. The molecule has 0 N–H and O–H groups in total. The molecule has 0 spiro atoms. The van der Waals surface area contributed by atoms with Crippen LogP contribution in [0.25, 0.3) is 11.0 Å². The Morgan fingerprint density at radius 1 is 1.03 bits per heavy atom. The van der Waals surface area contributed by atoms with Gasteiger partial charge in [-0.2, -0.15) is 0 Å². The van der Waals surface area contributed by atoms with Crippen LogP contribution in [-0.4, -0.2) is 17.9 Å². The van der Waals surface area contributed by atoms with Gasteiger partial charge in [-0.1, -0.05) is 35.9 Å². The van der Waals surface area contributed by atoms with Gasteiger partial charge >= 0.3 is 0 Å². The number of amides is 1. The molecular weight excluding hydrogens is 409 g/mol. The van der Waals surface area contributed by atoms with E-state index in [1.165, 1.54) is 12.1 Å². The number of aryl methyl sites for hydroxylation is 1. The standard InChI is InChI=1S/C26H20FNO4/c1-15-6-11-21-20(12-15)24(29)22-23(17-4-3-5-19(13-17)31-2)28(26(30)25(22)32-21)14-16-7-9-18(27)10-8-16/h3-13,23H,14H2,1-2H3/t23-/m1/s1. The lowest BCUT2D eigenvalue weighted by atomic mass is 9.97. The second kappa shape index (κ2) is 7.64. The summed E-state index contributed by atoms with van der Waals surface area (Å²) in [7, 11) is 1.56. The zero-order valence-corrected chi connectivity index (χ0v) is 17.6. The number of fused-ring (bicyclic) bond motifs is 2. The number of carbonyl (C=O) groups is 1. The Hall–Kier alpha value is -3.93. The van der Waals surface area contributed by atoms with Crippen molar-refractivity contribution in [1.82, 2.24) is 4.90 Å². The van der Waals surface area contributed by atoms with E-state index in [4.69, 9.17) is 9.15 Å². The van der Waals surface area contributed by atoms with Crippen molar-refractivity contribution in [2.75, 3.05) is 7.11 Å². The van der Waals surface area contributed by atoms with E-state index in [2.05, 4.69) is 0 Å². The summed E-state index contributed by atoms with van der Waals surface area (Å²) in [4.78, 5) is 28.6. The quantitative estimate of drug-likeness (QED) is 0.458. The van der Waals surface area contributed by atoms with Crippen molar-refractivity contribution < 1.29 is 18.3 Å². The summed E-state index contributed by atoms with van der Waals surface area (Å²) < 4.78 is 24.7. The second-order valence-corrected chi connectivity index (χ2v) is 7.91. The Bertz CT molecular complexity index is 1410. The number of hydrogen-bond acceptors (Lipinski definition) is 4. The highest BCUT2D eigenvalue weighted by Crippen LogP contribution is 2.40. The van der Waals surface area contributed by atoms with E-state index in [0.29, 0.717) is 22.3 Å². The third-order valence-corrected chi connectivity index (χ3v) is 5.80. The van der Waals surface area contributed by atoms with E-state index in [1.807, 2.05) is 31.2 Å². The van der Waals surface area contributed by atoms with E-state index in [-0.39, 0.29) is 29.5 Å². The number of methoxy groups -OCH3 is 1. The summed E-state index contributed by atoms with van der Waals surface area (Å²) in [5.74, 6) is -0.0725. The van der Waals surface area contributed by atoms with Crippen LogP contribution >= 0.6 is 0 Å². The molecule has 1 atom stereocenters. The Labute approximate surface area is 183 Å². The number of ether oxygens (including phenoxy) is 1. The topological polar surface area (TPSA) is 59.8 Å². The Kier molecular flexibility index (Phi) is 4.78. The fraction of sp³-hybridized carbons (Fsp3) is 0.154. The molecule has 0 bridgehead atoms. The molecule has 32 heavy (non-hydrogen) atoms. The lowest BCUT2D eigenvalue weighted by Gasteiger charge is -2.25. The summed E-state index contributed by atoms with van der Waals surface area (Å²) in [5.41, 5.74) is 2.86. The average Bonchev–Trinajstić information content (AvgIpc) is 3.08. The fourth-order valence-corrected chi connectivity index (χ4v) is 4.24. The molecule has 0 fully saturated rings. The van der Waals surface area contributed by atoms with Crippen molar-refractivity contribution in [2.45, 2.75) is 19.5 Å². The predicted octanol–water partition coefficient (Wildman–Crippen LogP) is 4.99. The predicted molar refractivity (Wildman–Crippen MR) is 118 cm³/mol. The molecule has 3 aromatic carbocycles. The van der Waals surface area contributed by atoms with Gasteiger partial charge in [-0.3, -0.25) is 9.59 Å². The second-order valence-electron chi connectivity index (χ2n) is 7.91. The van der Waals surface area contributed by atoms with Crippen LogP contribution in [0.3, 0.4) is 0 Å². The van der Waals surface area contributed by atoms with Crippen LogP contribution in [0.2, 0.25) is 0 Å². The van der Waals surface area contributed by atoms with Gasteiger partial charge in [0.1, 0.15) is 17.1 Å². The number of nitrogens with zero attached hydrogens (tertiary/aromatic N) is 1. The molecule has 2 heterocycles. The molecule has 5 nitrogen and oxygen atoms in total.